The molecule has 0 bridgehead atoms. The fourth-order valence-electron chi connectivity index (χ4n) is 1.40. The summed E-state index contributed by atoms with van der Waals surface area (Å²) >= 11 is 2.25. The van der Waals surface area contributed by atoms with E-state index >= 15 is 0 Å². The first-order valence-corrected chi connectivity index (χ1v) is 6.23. The van der Waals surface area contributed by atoms with Crippen molar-refractivity contribution in [1.29, 1.82) is 0 Å². The second kappa shape index (κ2) is 5.40. The lowest BCUT2D eigenvalue weighted by molar-refractivity contribution is 0.708. The van der Waals surface area contributed by atoms with Crippen LogP contribution < -0.4 is 5.32 Å². The van der Waals surface area contributed by atoms with Crippen molar-refractivity contribution in [3.8, 4) is 5.69 Å². The van der Waals surface area contributed by atoms with Gasteiger partial charge in [0.2, 0.25) is 0 Å². The Balaban J connectivity index is 2.22. The smallest absolute Gasteiger partial charge is 0.0679 e. The molecule has 16 heavy (non-hydrogen) atoms. The summed E-state index contributed by atoms with van der Waals surface area (Å²) in [5.41, 5.74) is 2.08. The van der Waals surface area contributed by atoms with Crippen LogP contribution in [0.15, 0.2) is 30.7 Å². The number of pyridine rings is 1. The summed E-state index contributed by atoms with van der Waals surface area (Å²) in [6.07, 6.45) is 5.65. The van der Waals surface area contributed by atoms with E-state index in [1.807, 2.05) is 35.4 Å². The Morgan fingerprint density at radius 2 is 2.38 bits per heavy atom. The predicted molar refractivity (Wildman–Crippen MR) is 71.5 cm³/mol. The highest BCUT2D eigenvalue weighted by Gasteiger charge is 2.00. The molecule has 84 valence electrons. The van der Waals surface area contributed by atoms with Crippen molar-refractivity contribution in [3.63, 3.8) is 0 Å². The molecule has 2 rings (SSSR count). The van der Waals surface area contributed by atoms with Gasteiger partial charge in [-0.25, -0.2) is 4.68 Å². The Morgan fingerprint density at radius 1 is 1.50 bits per heavy atom. The Kier molecular flexibility index (Phi) is 3.89. The zero-order chi connectivity index (χ0) is 11.4. The molecule has 0 fully saturated rings. The molecule has 0 aromatic carbocycles. The maximum absolute atomic E-state index is 4.30. The third-order valence-electron chi connectivity index (χ3n) is 2.17. The summed E-state index contributed by atoms with van der Waals surface area (Å²) in [7, 11) is 0. The summed E-state index contributed by atoms with van der Waals surface area (Å²) in [5.74, 6) is 0. The van der Waals surface area contributed by atoms with Crippen molar-refractivity contribution in [2.45, 2.75) is 13.5 Å². The molecule has 0 saturated carbocycles. The third kappa shape index (κ3) is 2.79. The van der Waals surface area contributed by atoms with Gasteiger partial charge in [0.1, 0.15) is 0 Å². The number of nitrogens with zero attached hydrogens (tertiary/aromatic N) is 3. The molecule has 0 radical (unpaired) electrons. The van der Waals surface area contributed by atoms with E-state index in [4.69, 9.17) is 0 Å². The minimum absolute atomic E-state index is 0.794. The number of nitrogens with one attached hydrogen (secondary N) is 1. The van der Waals surface area contributed by atoms with Gasteiger partial charge in [-0.3, -0.25) is 4.98 Å². The number of aromatic nitrogens is 3. The van der Waals surface area contributed by atoms with E-state index in [1.54, 1.807) is 0 Å². The molecule has 0 spiro atoms. The van der Waals surface area contributed by atoms with Crippen LogP contribution in [0.25, 0.3) is 5.69 Å². The Hall–Kier alpha value is -0.950. The fourth-order valence-corrected chi connectivity index (χ4v) is 1.79. The lowest BCUT2D eigenvalue weighted by atomic mass is 10.3. The first kappa shape index (κ1) is 11.5. The zero-order valence-electron chi connectivity index (χ0n) is 9.02. The van der Waals surface area contributed by atoms with Crippen LogP contribution in [-0.2, 0) is 6.54 Å². The Labute approximate surface area is 108 Å². The van der Waals surface area contributed by atoms with Crippen molar-refractivity contribution in [2.75, 3.05) is 6.54 Å². The molecular weight excluding hydrogens is 315 g/mol. The maximum atomic E-state index is 4.30. The van der Waals surface area contributed by atoms with E-state index in [2.05, 4.69) is 44.9 Å². The largest absolute Gasteiger partial charge is 0.311 e. The third-order valence-corrected chi connectivity index (χ3v) is 2.73. The van der Waals surface area contributed by atoms with Crippen LogP contribution in [-0.4, -0.2) is 21.3 Å². The van der Waals surface area contributed by atoms with E-state index < -0.39 is 0 Å². The van der Waals surface area contributed by atoms with E-state index in [0.29, 0.717) is 0 Å². The first-order chi connectivity index (χ1) is 7.79. The molecule has 0 aliphatic heterocycles. The van der Waals surface area contributed by atoms with Crippen molar-refractivity contribution in [3.05, 3.63) is 40.0 Å². The average molecular weight is 328 g/mol. The van der Waals surface area contributed by atoms with Crippen LogP contribution in [0.3, 0.4) is 0 Å². The summed E-state index contributed by atoms with van der Waals surface area (Å²) in [5, 5.41) is 7.52. The van der Waals surface area contributed by atoms with Gasteiger partial charge in [-0.05, 0) is 41.3 Å². The Morgan fingerprint density at radius 3 is 3.06 bits per heavy atom. The van der Waals surface area contributed by atoms with Gasteiger partial charge < -0.3 is 5.32 Å². The number of hydrogen-bond donors (Lipinski definition) is 1. The summed E-state index contributed by atoms with van der Waals surface area (Å²) in [6, 6.07) is 4.00. The monoisotopic (exact) mass is 328 g/mol. The normalized spacial score (nSPS) is 10.6. The van der Waals surface area contributed by atoms with Crippen molar-refractivity contribution in [2.24, 2.45) is 0 Å². The van der Waals surface area contributed by atoms with Gasteiger partial charge in [0.25, 0.3) is 0 Å². The topological polar surface area (TPSA) is 42.7 Å². The molecule has 2 aromatic heterocycles. The number of halogens is 1. The zero-order valence-corrected chi connectivity index (χ0v) is 11.2. The van der Waals surface area contributed by atoms with Crippen LogP contribution in [0.1, 0.15) is 12.6 Å². The van der Waals surface area contributed by atoms with E-state index in [1.165, 1.54) is 0 Å². The summed E-state index contributed by atoms with van der Waals surface area (Å²) in [6.45, 7) is 3.83. The van der Waals surface area contributed by atoms with Crippen LogP contribution in [0.4, 0.5) is 0 Å². The summed E-state index contributed by atoms with van der Waals surface area (Å²) in [4.78, 5) is 4.30. The summed E-state index contributed by atoms with van der Waals surface area (Å²) < 4.78 is 2.99. The minimum Gasteiger partial charge on any atom is -0.311 e. The molecule has 0 unspecified atom stereocenters. The lowest BCUT2D eigenvalue weighted by Gasteiger charge is -2.04. The van der Waals surface area contributed by atoms with Crippen LogP contribution >= 0.6 is 22.6 Å². The van der Waals surface area contributed by atoms with Gasteiger partial charge in [-0.1, -0.05) is 6.92 Å². The highest BCUT2D eigenvalue weighted by atomic mass is 127. The molecule has 2 aromatic rings. The number of hydrogen-bond acceptors (Lipinski definition) is 3. The molecule has 0 aliphatic carbocycles. The van der Waals surface area contributed by atoms with Crippen molar-refractivity contribution < 1.29 is 0 Å². The predicted octanol–water partition coefficient (Wildman–Crippen LogP) is 1.98. The van der Waals surface area contributed by atoms with E-state index in [0.717, 1.165) is 28.0 Å². The highest BCUT2D eigenvalue weighted by molar-refractivity contribution is 14.1. The van der Waals surface area contributed by atoms with Crippen LogP contribution in [0, 0.1) is 3.57 Å². The molecule has 1 N–H and O–H groups in total. The quantitative estimate of drug-likeness (QED) is 0.873. The molecule has 5 heteroatoms. The Bertz CT molecular complexity index is 467. The highest BCUT2D eigenvalue weighted by Crippen LogP contribution is 2.10. The standard InChI is InChI=1S/C11H13IN4/c1-2-13-7-10-5-11(3-4-14-10)16-8-9(12)6-15-16/h3-6,8,13H,2,7H2,1H3. The van der Waals surface area contributed by atoms with Crippen LogP contribution in [0.2, 0.25) is 0 Å². The molecule has 0 aliphatic rings. The molecular formula is C11H13IN4. The molecule has 0 amide bonds. The number of rotatable bonds is 4. The maximum Gasteiger partial charge on any atom is 0.0679 e. The molecule has 0 atom stereocenters. The first-order valence-electron chi connectivity index (χ1n) is 5.16. The SMILES string of the molecule is CCNCc1cc(-n2cc(I)cn2)ccn1. The molecule has 4 nitrogen and oxygen atoms in total. The average Bonchev–Trinajstić information content (AvgIpc) is 2.74. The minimum atomic E-state index is 0.794. The molecule has 2 heterocycles. The van der Waals surface area contributed by atoms with Crippen molar-refractivity contribution in [1.82, 2.24) is 20.1 Å². The van der Waals surface area contributed by atoms with E-state index in [-0.39, 0.29) is 0 Å². The van der Waals surface area contributed by atoms with Gasteiger partial charge in [0.05, 0.1) is 21.1 Å². The van der Waals surface area contributed by atoms with Gasteiger partial charge in [0, 0.05) is 18.9 Å². The van der Waals surface area contributed by atoms with Crippen molar-refractivity contribution >= 4 is 22.6 Å². The van der Waals surface area contributed by atoms with E-state index in [9.17, 15) is 0 Å². The fraction of sp³-hybridized carbons (Fsp3) is 0.273. The van der Waals surface area contributed by atoms with Gasteiger partial charge >= 0.3 is 0 Å². The second-order valence-electron chi connectivity index (χ2n) is 3.39. The van der Waals surface area contributed by atoms with Gasteiger partial charge in [-0.2, -0.15) is 5.10 Å². The van der Waals surface area contributed by atoms with Gasteiger partial charge in [0.15, 0.2) is 0 Å². The second-order valence-corrected chi connectivity index (χ2v) is 4.63. The molecule has 0 saturated heterocycles. The van der Waals surface area contributed by atoms with Gasteiger partial charge in [-0.15, -0.1) is 0 Å². The lowest BCUT2D eigenvalue weighted by Crippen LogP contribution is -2.13. The van der Waals surface area contributed by atoms with Crippen LogP contribution in [0.5, 0.6) is 0 Å².